The smallest absolute Gasteiger partial charge is 0.100 e. The topological polar surface area (TPSA) is 44.9 Å². The molecule has 126 valence electrons. The van der Waals surface area contributed by atoms with Gasteiger partial charge in [-0.15, -0.1) is 0 Å². The average Bonchev–Trinajstić information content (AvgIpc) is 3.08. The lowest BCUT2D eigenvalue weighted by molar-refractivity contribution is 0.179. The number of hydrogen-bond donors (Lipinski definition) is 0. The van der Waals surface area contributed by atoms with Gasteiger partial charge in [-0.1, -0.05) is 24.3 Å². The van der Waals surface area contributed by atoms with Gasteiger partial charge >= 0.3 is 0 Å². The maximum atomic E-state index is 8.82. The maximum Gasteiger partial charge on any atom is 0.100 e. The second kappa shape index (κ2) is 7.08. The number of likely N-dealkylation sites (tertiary alicyclic amines) is 1. The Morgan fingerprint density at radius 2 is 1.80 bits per heavy atom. The van der Waals surface area contributed by atoms with E-state index >= 15 is 0 Å². The van der Waals surface area contributed by atoms with Crippen LogP contribution in [-0.2, 0) is 6.54 Å². The van der Waals surface area contributed by atoms with Gasteiger partial charge in [0.1, 0.15) is 6.33 Å². The molecule has 0 amide bonds. The molecular weight excluding hydrogens is 308 g/mol. The Bertz CT molecular complexity index is 880. The van der Waals surface area contributed by atoms with Crippen LogP contribution in [0, 0.1) is 17.2 Å². The van der Waals surface area contributed by atoms with E-state index in [0.717, 1.165) is 49.2 Å². The van der Waals surface area contributed by atoms with E-state index in [-0.39, 0.29) is 0 Å². The van der Waals surface area contributed by atoms with Crippen LogP contribution in [0.2, 0.25) is 0 Å². The normalized spacial score (nSPS) is 16.1. The third-order valence-electron chi connectivity index (χ3n) is 5.16. The molecule has 0 saturated carbocycles. The van der Waals surface area contributed by atoms with E-state index in [1.165, 1.54) is 5.56 Å². The molecule has 1 aromatic heterocycles. The number of imidazole rings is 1. The highest BCUT2D eigenvalue weighted by Crippen LogP contribution is 2.22. The third kappa shape index (κ3) is 3.42. The number of fused-ring (bicyclic) bond motifs is 1. The van der Waals surface area contributed by atoms with Crippen molar-refractivity contribution in [2.24, 2.45) is 5.92 Å². The minimum absolute atomic E-state index is 0.596. The molecule has 1 aliphatic rings. The number of benzene rings is 2. The van der Waals surface area contributed by atoms with Gasteiger partial charge in [0.05, 0.1) is 17.1 Å². The maximum absolute atomic E-state index is 8.82. The number of piperidine rings is 1. The van der Waals surface area contributed by atoms with Crippen molar-refractivity contribution in [2.45, 2.75) is 25.8 Å². The van der Waals surface area contributed by atoms with Crippen molar-refractivity contribution in [2.75, 3.05) is 13.1 Å². The molecule has 1 saturated heterocycles. The Hall–Kier alpha value is -2.64. The Kier molecular flexibility index (Phi) is 4.49. The van der Waals surface area contributed by atoms with Crippen LogP contribution in [0.3, 0.4) is 0 Å². The summed E-state index contributed by atoms with van der Waals surface area (Å²) >= 11 is 0. The number of aromatic nitrogens is 2. The first-order chi connectivity index (χ1) is 12.3. The second-order valence-electron chi connectivity index (χ2n) is 6.85. The van der Waals surface area contributed by atoms with Crippen LogP contribution in [0.5, 0.6) is 0 Å². The number of rotatable bonds is 4. The molecule has 2 heterocycles. The summed E-state index contributed by atoms with van der Waals surface area (Å²) in [4.78, 5) is 6.96. The van der Waals surface area contributed by atoms with Crippen molar-refractivity contribution < 1.29 is 0 Å². The van der Waals surface area contributed by atoms with Gasteiger partial charge in [-0.25, -0.2) is 4.98 Å². The summed E-state index contributed by atoms with van der Waals surface area (Å²) in [6.07, 6.45) is 4.89. The number of nitriles is 1. The summed E-state index contributed by atoms with van der Waals surface area (Å²) in [5.74, 6) is 0.596. The Morgan fingerprint density at radius 3 is 2.56 bits per heavy atom. The van der Waals surface area contributed by atoms with E-state index in [4.69, 9.17) is 5.26 Å². The van der Waals surface area contributed by atoms with Gasteiger partial charge in [-0.05, 0) is 61.7 Å². The predicted octanol–water partition coefficient (Wildman–Crippen LogP) is 4.15. The highest BCUT2D eigenvalue weighted by atomic mass is 15.1. The summed E-state index contributed by atoms with van der Waals surface area (Å²) in [7, 11) is 0. The molecule has 4 nitrogen and oxygen atoms in total. The molecule has 0 atom stereocenters. The van der Waals surface area contributed by atoms with Gasteiger partial charge in [-0.3, -0.25) is 9.47 Å². The second-order valence-corrected chi connectivity index (χ2v) is 6.85. The largest absolute Gasteiger partial charge is 0.299 e. The molecule has 0 N–H and O–H groups in total. The molecule has 1 fully saturated rings. The van der Waals surface area contributed by atoms with Crippen LogP contribution >= 0.6 is 0 Å². The zero-order valence-corrected chi connectivity index (χ0v) is 14.3. The lowest BCUT2D eigenvalue weighted by Crippen LogP contribution is -2.33. The van der Waals surface area contributed by atoms with Gasteiger partial charge in [0.25, 0.3) is 0 Å². The van der Waals surface area contributed by atoms with E-state index in [9.17, 15) is 0 Å². The van der Waals surface area contributed by atoms with E-state index < -0.39 is 0 Å². The molecule has 25 heavy (non-hydrogen) atoms. The van der Waals surface area contributed by atoms with E-state index in [2.05, 4.69) is 50.9 Å². The van der Waals surface area contributed by atoms with Crippen molar-refractivity contribution in [1.29, 1.82) is 5.26 Å². The van der Waals surface area contributed by atoms with Gasteiger partial charge in [-0.2, -0.15) is 5.26 Å². The van der Waals surface area contributed by atoms with Crippen LogP contribution in [0.15, 0.2) is 54.9 Å². The first kappa shape index (κ1) is 15.9. The summed E-state index contributed by atoms with van der Waals surface area (Å²) < 4.78 is 2.13. The monoisotopic (exact) mass is 330 g/mol. The molecule has 0 spiro atoms. The van der Waals surface area contributed by atoms with E-state index in [0.29, 0.717) is 12.3 Å². The van der Waals surface area contributed by atoms with Crippen LogP contribution in [0.1, 0.15) is 24.8 Å². The summed E-state index contributed by atoms with van der Waals surface area (Å²) in [5.41, 5.74) is 4.64. The Labute approximate surface area is 148 Å². The standard InChI is InChI=1S/C21H22N4/c22-12-9-17-10-13-24(14-11-17)15-18-5-7-19(8-6-18)25-16-23-20-3-1-2-4-21(20)25/h1-8,16-17H,9-11,13-15H2. The fourth-order valence-electron chi connectivity index (χ4n) is 3.66. The fourth-order valence-corrected chi connectivity index (χ4v) is 3.66. The number of hydrogen-bond acceptors (Lipinski definition) is 3. The van der Waals surface area contributed by atoms with Crippen LogP contribution in [0.4, 0.5) is 0 Å². The van der Waals surface area contributed by atoms with Crippen LogP contribution < -0.4 is 0 Å². The summed E-state index contributed by atoms with van der Waals surface area (Å²) in [6, 6.07) is 19.3. The third-order valence-corrected chi connectivity index (χ3v) is 5.16. The van der Waals surface area contributed by atoms with Crippen LogP contribution in [-0.4, -0.2) is 27.5 Å². The highest BCUT2D eigenvalue weighted by Gasteiger charge is 2.18. The highest BCUT2D eigenvalue weighted by molar-refractivity contribution is 5.77. The first-order valence-corrected chi connectivity index (χ1v) is 8.94. The molecule has 3 aromatic rings. The fraction of sp³-hybridized carbons (Fsp3) is 0.333. The molecule has 0 radical (unpaired) electrons. The molecule has 1 aliphatic heterocycles. The molecule has 0 unspecified atom stereocenters. The minimum atomic E-state index is 0.596. The van der Waals surface area contributed by atoms with Gasteiger partial charge in [0.2, 0.25) is 0 Å². The zero-order valence-electron chi connectivity index (χ0n) is 14.3. The minimum Gasteiger partial charge on any atom is -0.299 e. The van der Waals surface area contributed by atoms with Crippen molar-refractivity contribution in [3.05, 3.63) is 60.4 Å². The number of para-hydroxylation sites is 2. The lowest BCUT2D eigenvalue weighted by atomic mass is 9.94. The summed E-state index contributed by atoms with van der Waals surface area (Å²) in [6.45, 7) is 3.19. The quantitative estimate of drug-likeness (QED) is 0.722. The van der Waals surface area contributed by atoms with Gasteiger partial charge in [0.15, 0.2) is 0 Å². The van der Waals surface area contributed by atoms with E-state index in [1.807, 2.05) is 24.5 Å². The molecular formula is C21H22N4. The SMILES string of the molecule is N#CCC1CCN(Cc2ccc(-n3cnc4ccccc43)cc2)CC1. The molecule has 2 aromatic carbocycles. The lowest BCUT2D eigenvalue weighted by Gasteiger charge is -2.31. The Balaban J connectivity index is 1.43. The van der Waals surface area contributed by atoms with Crippen molar-refractivity contribution in [3.63, 3.8) is 0 Å². The van der Waals surface area contributed by atoms with E-state index in [1.54, 1.807) is 0 Å². The van der Waals surface area contributed by atoms with Crippen molar-refractivity contribution in [1.82, 2.24) is 14.5 Å². The van der Waals surface area contributed by atoms with Crippen molar-refractivity contribution >= 4 is 11.0 Å². The molecule has 0 aliphatic carbocycles. The van der Waals surface area contributed by atoms with Crippen LogP contribution in [0.25, 0.3) is 16.7 Å². The van der Waals surface area contributed by atoms with Gasteiger partial charge < -0.3 is 0 Å². The molecule has 0 bridgehead atoms. The predicted molar refractivity (Wildman–Crippen MR) is 99.3 cm³/mol. The average molecular weight is 330 g/mol. The van der Waals surface area contributed by atoms with Gasteiger partial charge in [0, 0.05) is 18.7 Å². The van der Waals surface area contributed by atoms with Crippen molar-refractivity contribution in [3.8, 4) is 11.8 Å². The summed E-state index contributed by atoms with van der Waals surface area (Å²) in [5, 5.41) is 8.82. The zero-order chi connectivity index (χ0) is 17.1. The molecule has 4 rings (SSSR count). The molecule has 4 heteroatoms. The number of nitrogens with zero attached hydrogens (tertiary/aromatic N) is 4. The first-order valence-electron chi connectivity index (χ1n) is 8.94. The Morgan fingerprint density at radius 1 is 1.04 bits per heavy atom.